The number of amides is 1. The zero-order valence-corrected chi connectivity index (χ0v) is 17.1. The van der Waals surface area contributed by atoms with Crippen molar-refractivity contribution in [3.8, 4) is 5.75 Å². The Morgan fingerprint density at radius 1 is 1.17 bits per heavy atom. The highest BCUT2D eigenvalue weighted by Crippen LogP contribution is 2.33. The summed E-state index contributed by atoms with van der Waals surface area (Å²) in [5.74, 6) is -3.13. The zero-order valence-electron chi connectivity index (χ0n) is 16.3. The SMILES string of the molecule is CCOc1ccc(S(=O)(=O)NC)cc1C(=O)N1Cc2ccc(C(C)(F)F)cc2C1. The molecule has 156 valence electrons. The van der Waals surface area contributed by atoms with Crippen LogP contribution in [0.2, 0.25) is 0 Å². The van der Waals surface area contributed by atoms with Crippen LogP contribution < -0.4 is 9.46 Å². The van der Waals surface area contributed by atoms with Crippen LogP contribution in [0.1, 0.15) is 40.9 Å². The molecule has 0 aromatic heterocycles. The lowest BCUT2D eigenvalue weighted by Crippen LogP contribution is -2.26. The van der Waals surface area contributed by atoms with E-state index >= 15 is 0 Å². The average molecular weight is 424 g/mol. The standard InChI is InChI=1S/C20H22F2N2O4S/c1-4-28-18-8-7-16(29(26,27)23-3)10-17(18)19(25)24-11-13-5-6-15(20(2,21)22)9-14(13)12-24/h5-10,23H,4,11-12H2,1-3H3. The molecule has 0 unspecified atom stereocenters. The number of carbonyl (C=O) groups is 1. The Morgan fingerprint density at radius 3 is 2.48 bits per heavy atom. The van der Waals surface area contributed by atoms with E-state index in [1.807, 2.05) is 0 Å². The van der Waals surface area contributed by atoms with E-state index in [0.717, 1.165) is 12.5 Å². The van der Waals surface area contributed by atoms with Gasteiger partial charge in [-0.2, -0.15) is 0 Å². The number of halogens is 2. The number of hydrogen-bond acceptors (Lipinski definition) is 4. The van der Waals surface area contributed by atoms with E-state index in [0.29, 0.717) is 12.2 Å². The Hall–Kier alpha value is -2.52. The molecule has 0 saturated carbocycles. The van der Waals surface area contributed by atoms with Gasteiger partial charge in [0.15, 0.2) is 0 Å². The van der Waals surface area contributed by atoms with E-state index < -0.39 is 21.9 Å². The van der Waals surface area contributed by atoms with Crippen LogP contribution in [0.3, 0.4) is 0 Å². The van der Waals surface area contributed by atoms with Gasteiger partial charge in [-0.15, -0.1) is 0 Å². The highest BCUT2D eigenvalue weighted by atomic mass is 32.2. The second-order valence-electron chi connectivity index (χ2n) is 6.83. The molecule has 0 fully saturated rings. The number of nitrogens with zero attached hydrogens (tertiary/aromatic N) is 1. The third kappa shape index (κ3) is 4.25. The summed E-state index contributed by atoms with van der Waals surface area (Å²) in [5, 5.41) is 0. The normalized spacial score (nSPS) is 14.0. The molecule has 1 aliphatic heterocycles. The maximum Gasteiger partial charge on any atom is 0.270 e. The van der Waals surface area contributed by atoms with E-state index in [1.54, 1.807) is 13.0 Å². The molecule has 0 radical (unpaired) electrons. The van der Waals surface area contributed by atoms with Gasteiger partial charge in [0.25, 0.3) is 11.8 Å². The van der Waals surface area contributed by atoms with Gasteiger partial charge in [-0.05, 0) is 49.4 Å². The van der Waals surface area contributed by atoms with Crippen molar-refractivity contribution in [2.75, 3.05) is 13.7 Å². The molecular weight excluding hydrogens is 402 g/mol. The van der Waals surface area contributed by atoms with Crippen LogP contribution in [0.25, 0.3) is 0 Å². The van der Waals surface area contributed by atoms with E-state index in [1.165, 1.54) is 42.3 Å². The van der Waals surface area contributed by atoms with Crippen molar-refractivity contribution in [1.82, 2.24) is 9.62 Å². The smallest absolute Gasteiger partial charge is 0.270 e. The summed E-state index contributed by atoms with van der Waals surface area (Å²) in [4.78, 5) is 14.6. The van der Waals surface area contributed by atoms with Crippen LogP contribution in [-0.4, -0.2) is 32.9 Å². The molecule has 6 nitrogen and oxygen atoms in total. The first-order valence-electron chi connectivity index (χ1n) is 9.06. The van der Waals surface area contributed by atoms with Gasteiger partial charge in [0.1, 0.15) is 5.75 Å². The molecule has 2 aromatic rings. The molecule has 29 heavy (non-hydrogen) atoms. The summed E-state index contributed by atoms with van der Waals surface area (Å²) in [6.45, 7) is 3.29. The molecule has 0 saturated heterocycles. The van der Waals surface area contributed by atoms with Gasteiger partial charge in [0.2, 0.25) is 10.0 Å². The fourth-order valence-corrected chi connectivity index (χ4v) is 3.98. The Balaban J connectivity index is 1.94. The number of carbonyl (C=O) groups excluding carboxylic acids is 1. The lowest BCUT2D eigenvalue weighted by Gasteiger charge is -2.18. The molecule has 1 heterocycles. The molecule has 0 bridgehead atoms. The topological polar surface area (TPSA) is 75.7 Å². The monoisotopic (exact) mass is 424 g/mol. The first kappa shape index (κ1) is 21.2. The predicted molar refractivity (Wildman–Crippen MR) is 103 cm³/mol. The summed E-state index contributed by atoms with van der Waals surface area (Å²) in [6.07, 6.45) is 0. The van der Waals surface area contributed by atoms with Crippen LogP contribution >= 0.6 is 0 Å². The zero-order chi connectivity index (χ0) is 21.4. The molecule has 1 aliphatic rings. The van der Waals surface area contributed by atoms with Crippen molar-refractivity contribution in [2.45, 2.75) is 37.8 Å². The number of alkyl halides is 2. The summed E-state index contributed by atoms with van der Waals surface area (Å²) in [5.41, 5.74) is 1.43. The van der Waals surface area contributed by atoms with Gasteiger partial charge in [-0.3, -0.25) is 4.79 Å². The summed E-state index contributed by atoms with van der Waals surface area (Å²) in [7, 11) is -2.46. The Bertz CT molecular complexity index is 1050. The van der Waals surface area contributed by atoms with Crippen molar-refractivity contribution in [3.05, 3.63) is 58.7 Å². The minimum Gasteiger partial charge on any atom is -0.493 e. The lowest BCUT2D eigenvalue weighted by molar-refractivity contribution is 0.0174. The number of fused-ring (bicyclic) bond motifs is 1. The molecule has 3 rings (SSSR count). The largest absolute Gasteiger partial charge is 0.493 e. The van der Waals surface area contributed by atoms with Crippen molar-refractivity contribution in [2.24, 2.45) is 0 Å². The third-order valence-corrected chi connectivity index (χ3v) is 6.20. The highest BCUT2D eigenvalue weighted by molar-refractivity contribution is 7.89. The van der Waals surface area contributed by atoms with E-state index in [9.17, 15) is 22.0 Å². The number of benzene rings is 2. The number of nitrogens with one attached hydrogen (secondary N) is 1. The van der Waals surface area contributed by atoms with Gasteiger partial charge >= 0.3 is 0 Å². The van der Waals surface area contributed by atoms with E-state index in [4.69, 9.17) is 4.74 Å². The van der Waals surface area contributed by atoms with Crippen molar-refractivity contribution in [3.63, 3.8) is 0 Å². The van der Waals surface area contributed by atoms with E-state index in [-0.39, 0.29) is 34.9 Å². The average Bonchev–Trinajstić information content (AvgIpc) is 3.10. The fourth-order valence-electron chi connectivity index (χ4n) is 3.22. The minimum absolute atomic E-state index is 0.0589. The third-order valence-electron chi connectivity index (χ3n) is 4.78. The molecule has 0 spiro atoms. The highest BCUT2D eigenvalue weighted by Gasteiger charge is 2.30. The Labute approximate surface area is 168 Å². The summed E-state index contributed by atoms with van der Waals surface area (Å²) >= 11 is 0. The Kier molecular flexibility index (Phi) is 5.64. The molecule has 9 heteroatoms. The lowest BCUT2D eigenvalue weighted by atomic mass is 10.0. The van der Waals surface area contributed by atoms with Crippen LogP contribution in [0.5, 0.6) is 5.75 Å². The van der Waals surface area contributed by atoms with Gasteiger partial charge < -0.3 is 9.64 Å². The molecule has 0 aliphatic carbocycles. The summed E-state index contributed by atoms with van der Waals surface area (Å²) < 4.78 is 59.2. The molecule has 1 amide bonds. The van der Waals surface area contributed by atoms with Crippen LogP contribution in [0, 0.1) is 0 Å². The fraction of sp³-hybridized carbons (Fsp3) is 0.350. The first-order chi connectivity index (χ1) is 13.6. The number of rotatable bonds is 6. The van der Waals surface area contributed by atoms with Crippen LogP contribution in [0.15, 0.2) is 41.3 Å². The van der Waals surface area contributed by atoms with Gasteiger partial charge in [0, 0.05) is 25.6 Å². The second kappa shape index (κ2) is 7.72. The molecule has 2 aromatic carbocycles. The number of hydrogen-bond donors (Lipinski definition) is 1. The number of ether oxygens (including phenoxy) is 1. The van der Waals surface area contributed by atoms with Gasteiger partial charge in [-0.1, -0.05) is 12.1 Å². The predicted octanol–water partition coefficient (Wildman–Crippen LogP) is 3.26. The maximum atomic E-state index is 13.6. The van der Waals surface area contributed by atoms with Crippen molar-refractivity contribution < 1.29 is 26.7 Å². The maximum absolute atomic E-state index is 13.6. The van der Waals surface area contributed by atoms with E-state index in [2.05, 4.69) is 4.72 Å². The molecular formula is C20H22F2N2O4S. The quantitative estimate of drug-likeness (QED) is 0.772. The number of sulfonamides is 1. The summed E-state index contributed by atoms with van der Waals surface area (Å²) in [6, 6.07) is 8.45. The van der Waals surface area contributed by atoms with Crippen molar-refractivity contribution in [1.29, 1.82) is 0 Å². The Morgan fingerprint density at radius 2 is 1.86 bits per heavy atom. The second-order valence-corrected chi connectivity index (χ2v) is 8.72. The van der Waals surface area contributed by atoms with Crippen LogP contribution in [-0.2, 0) is 29.0 Å². The minimum atomic E-state index is -3.74. The van der Waals surface area contributed by atoms with Gasteiger partial charge in [-0.25, -0.2) is 21.9 Å². The van der Waals surface area contributed by atoms with Crippen molar-refractivity contribution >= 4 is 15.9 Å². The molecule has 1 N–H and O–H groups in total. The van der Waals surface area contributed by atoms with Crippen LogP contribution in [0.4, 0.5) is 8.78 Å². The first-order valence-corrected chi connectivity index (χ1v) is 10.5. The van der Waals surface area contributed by atoms with Gasteiger partial charge in [0.05, 0.1) is 17.1 Å². The molecule has 0 atom stereocenters.